The van der Waals surface area contributed by atoms with Gasteiger partial charge in [0.2, 0.25) is 5.82 Å². The molecule has 4 rings (SSSR count). The first-order chi connectivity index (χ1) is 18.5. The Kier molecular flexibility index (Phi) is 7.80. The summed E-state index contributed by atoms with van der Waals surface area (Å²) in [5.74, 6) is -2.86. The van der Waals surface area contributed by atoms with E-state index in [9.17, 15) is 18.4 Å². The topological polar surface area (TPSA) is 107 Å². The molecule has 0 aliphatic carbocycles. The monoisotopic (exact) mass is 537 g/mol. The minimum atomic E-state index is -1.08. The minimum Gasteiger partial charge on any atom is -0.494 e. The van der Waals surface area contributed by atoms with Crippen molar-refractivity contribution in [2.45, 2.75) is 39.7 Å². The number of aromatic nitrogens is 3. The van der Waals surface area contributed by atoms with Crippen molar-refractivity contribution in [3.05, 3.63) is 71.7 Å². The summed E-state index contributed by atoms with van der Waals surface area (Å²) in [6.45, 7) is 6.93. The molecule has 1 amide bonds. The van der Waals surface area contributed by atoms with E-state index >= 15 is 0 Å². The number of nitrogens with zero attached hydrogens (tertiary/aromatic N) is 3. The van der Waals surface area contributed by atoms with Crippen molar-refractivity contribution >= 4 is 29.0 Å². The van der Waals surface area contributed by atoms with E-state index in [0.29, 0.717) is 34.8 Å². The lowest BCUT2D eigenvalue weighted by atomic mass is 10.0. The van der Waals surface area contributed by atoms with Crippen LogP contribution in [0.3, 0.4) is 0 Å². The Bertz CT molecular complexity index is 1550. The molecule has 0 bridgehead atoms. The maximum absolute atomic E-state index is 14.8. The summed E-state index contributed by atoms with van der Waals surface area (Å²) in [7, 11) is 1.27. The van der Waals surface area contributed by atoms with Gasteiger partial charge in [-0.3, -0.25) is 14.0 Å². The van der Waals surface area contributed by atoms with Crippen LogP contribution in [-0.2, 0) is 16.0 Å². The van der Waals surface area contributed by atoms with Crippen molar-refractivity contribution < 1.29 is 27.8 Å². The number of methoxy groups -OCH3 is 1. The smallest absolute Gasteiger partial charge is 0.325 e. The zero-order chi connectivity index (χ0) is 28.3. The molecule has 0 atom stereocenters. The van der Waals surface area contributed by atoms with Gasteiger partial charge < -0.3 is 20.1 Å². The molecule has 2 aromatic carbocycles. The molecule has 2 N–H and O–H groups in total. The summed E-state index contributed by atoms with van der Waals surface area (Å²) < 4.78 is 40.8. The summed E-state index contributed by atoms with van der Waals surface area (Å²) in [6.07, 6.45) is 5.10. The largest absolute Gasteiger partial charge is 0.494 e. The summed E-state index contributed by atoms with van der Waals surface area (Å²) in [5.41, 5.74) is 1.91. The SMILES string of the molecule is CCc1cc(Nc2nccn3c(-c4ccc(OC)c(F)c4F)cnc23)ccc1C(=O)NCC(=O)OC(C)(C)C. The maximum atomic E-state index is 14.8. The lowest BCUT2D eigenvalue weighted by molar-refractivity contribution is -0.153. The molecule has 0 aliphatic heterocycles. The van der Waals surface area contributed by atoms with Gasteiger partial charge >= 0.3 is 5.97 Å². The van der Waals surface area contributed by atoms with Gasteiger partial charge in [0.25, 0.3) is 5.91 Å². The summed E-state index contributed by atoms with van der Waals surface area (Å²) >= 11 is 0. The maximum Gasteiger partial charge on any atom is 0.325 e. The molecule has 11 heteroatoms. The fourth-order valence-corrected chi connectivity index (χ4v) is 4.04. The summed E-state index contributed by atoms with van der Waals surface area (Å²) in [5, 5.41) is 5.78. The van der Waals surface area contributed by atoms with Crippen LogP contribution in [0.4, 0.5) is 20.3 Å². The van der Waals surface area contributed by atoms with Crippen LogP contribution in [-0.4, -0.2) is 45.5 Å². The van der Waals surface area contributed by atoms with E-state index in [1.807, 2.05) is 6.92 Å². The number of esters is 1. The second kappa shape index (κ2) is 11.1. The highest BCUT2D eigenvalue weighted by atomic mass is 19.2. The molecule has 0 saturated carbocycles. The number of anilines is 2. The van der Waals surface area contributed by atoms with Gasteiger partial charge in [-0.1, -0.05) is 6.92 Å². The molecule has 0 radical (unpaired) electrons. The number of benzene rings is 2. The Labute approximate surface area is 224 Å². The fraction of sp³-hybridized carbons (Fsp3) is 0.286. The van der Waals surface area contributed by atoms with Crippen LogP contribution in [0.1, 0.15) is 43.6 Å². The third-order valence-electron chi connectivity index (χ3n) is 5.78. The Morgan fingerprint density at radius 2 is 1.85 bits per heavy atom. The Morgan fingerprint density at radius 1 is 1.08 bits per heavy atom. The van der Waals surface area contributed by atoms with Gasteiger partial charge in [-0.25, -0.2) is 14.4 Å². The van der Waals surface area contributed by atoms with E-state index in [1.54, 1.807) is 49.6 Å². The molecular weight excluding hydrogens is 508 g/mol. The Morgan fingerprint density at radius 3 is 2.54 bits per heavy atom. The number of carbonyl (C=O) groups excluding carboxylic acids is 2. The van der Waals surface area contributed by atoms with Gasteiger partial charge in [-0.05, 0) is 63.1 Å². The van der Waals surface area contributed by atoms with Crippen molar-refractivity contribution in [2.24, 2.45) is 0 Å². The lowest BCUT2D eigenvalue weighted by Crippen LogP contribution is -2.35. The molecular formula is C28H29F2N5O4. The molecule has 39 heavy (non-hydrogen) atoms. The predicted molar refractivity (Wildman–Crippen MR) is 142 cm³/mol. The average molecular weight is 538 g/mol. The highest BCUT2D eigenvalue weighted by molar-refractivity contribution is 5.97. The van der Waals surface area contributed by atoms with E-state index in [4.69, 9.17) is 9.47 Å². The van der Waals surface area contributed by atoms with Crippen LogP contribution in [0.15, 0.2) is 48.9 Å². The number of fused-ring (bicyclic) bond motifs is 1. The zero-order valence-corrected chi connectivity index (χ0v) is 22.3. The van der Waals surface area contributed by atoms with Crippen molar-refractivity contribution in [3.63, 3.8) is 0 Å². The van der Waals surface area contributed by atoms with Crippen LogP contribution >= 0.6 is 0 Å². The van der Waals surface area contributed by atoms with Gasteiger partial charge in [0, 0.05) is 29.2 Å². The molecule has 204 valence electrons. The van der Waals surface area contributed by atoms with E-state index in [-0.39, 0.29) is 17.9 Å². The second-order valence-electron chi connectivity index (χ2n) is 9.68. The van der Waals surface area contributed by atoms with Crippen LogP contribution in [0, 0.1) is 11.6 Å². The van der Waals surface area contributed by atoms with Gasteiger partial charge in [0.15, 0.2) is 23.0 Å². The number of aryl methyl sites for hydroxylation is 1. The quantitative estimate of drug-likeness (QED) is 0.303. The Balaban J connectivity index is 1.57. The van der Waals surface area contributed by atoms with Crippen molar-refractivity contribution in [1.82, 2.24) is 19.7 Å². The normalized spacial score (nSPS) is 11.4. The Hall–Kier alpha value is -4.54. The number of hydrogen-bond acceptors (Lipinski definition) is 7. The van der Waals surface area contributed by atoms with Gasteiger partial charge in [0.05, 0.1) is 19.0 Å². The van der Waals surface area contributed by atoms with Crippen LogP contribution in [0.5, 0.6) is 5.75 Å². The lowest BCUT2D eigenvalue weighted by Gasteiger charge is -2.19. The van der Waals surface area contributed by atoms with E-state index < -0.39 is 29.1 Å². The minimum absolute atomic E-state index is 0.0213. The molecule has 4 aromatic rings. The number of halogens is 2. The first-order valence-electron chi connectivity index (χ1n) is 12.3. The highest BCUT2D eigenvalue weighted by Gasteiger charge is 2.20. The molecule has 2 aromatic heterocycles. The van der Waals surface area contributed by atoms with Gasteiger partial charge in [-0.15, -0.1) is 0 Å². The first kappa shape index (κ1) is 27.5. The number of amides is 1. The predicted octanol–water partition coefficient (Wildman–Crippen LogP) is 5.06. The van der Waals surface area contributed by atoms with Crippen molar-refractivity contribution in [2.75, 3.05) is 19.0 Å². The second-order valence-corrected chi connectivity index (χ2v) is 9.68. The molecule has 0 saturated heterocycles. The number of hydrogen-bond donors (Lipinski definition) is 2. The summed E-state index contributed by atoms with van der Waals surface area (Å²) in [4.78, 5) is 33.4. The number of nitrogens with one attached hydrogen (secondary N) is 2. The van der Waals surface area contributed by atoms with E-state index in [1.165, 1.54) is 31.6 Å². The standard InChI is InChI=1S/C28H29F2N5O4/c1-6-16-13-17(7-8-18(16)27(37)33-15-22(36)39-28(2,3)4)34-25-26-32-14-20(35(26)12-11-31-25)19-9-10-21(38-5)24(30)23(19)29/h7-14H,6,15H2,1-5H3,(H,31,34)(H,33,37). The third-order valence-corrected chi connectivity index (χ3v) is 5.78. The van der Waals surface area contributed by atoms with Crippen molar-refractivity contribution in [3.8, 4) is 17.0 Å². The average Bonchev–Trinajstić information content (AvgIpc) is 3.32. The number of ether oxygens (including phenoxy) is 2. The molecule has 0 unspecified atom stereocenters. The molecule has 0 fully saturated rings. The van der Waals surface area contributed by atoms with Gasteiger partial charge in [-0.2, -0.15) is 4.39 Å². The summed E-state index contributed by atoms with van der Waals surface area (Å²) in [6, 6.07) is 7.93. The highest BCUT2D eigenvalue weighted by Crippen LogP contribution is 2.31. The molecule has 9 nitrogen and oxygen atoms in total. The number of rotatable bonds is 8. The van der Waals surface area contributed by atoms with Crippen LogP contribution in [0.25, 0.3) is 16.9 Å². The first-order valence-corrected chi connectivity index (χ1v) is 12.3. The van der Waals surface area contributed by atoms with Gasteiger partial charge in [0.1, 0.15) is 12.1 Å². The number of carbonyl (C=O) groups is 2. The van der Waals surface area contributed by atoms with Crippen LogP contribution < -0.4 is 15.4 Å². The number of imidazole rings is 1. The van der Waals surface area contributed by atoms with Crippen molar-refractivity contribution in [1.29, 1.82) is 0 Å². The van der Waals surface area contributed by atoms with E-state index in [2.05, 4.69) is 20.6 Å². The molecule has 2 heterocycles. The molecule has 0 spiro atoms. The van der Waals surface area contributed by atoms with E-state index in [0.717, 1.165) is 5.56 Å². The zero-order valence-electron chi connectivity index (χ0n) is 22.3. The van der Waals surface area contributed by atoms with Crippen LogP contribution in [0.2, 0.25) is 0 Å². The third kappa shape index (κ3) is 5.97. The molecule has 0 aliphatic rings. The fourth-order valence-electron chi connectivity index (χ4n) is 4.04.